The van der Waals surface area contributed by atoms with Gasteiger partial charge < -0.3 is 5.32 Å². The van der Waals surface area contributed by atoms with Crippen LogP contribution in [0.25, 0.3) is 5.57 Å². The average Bonchev–Trinajstić information content (AvgIpc) is 3.08. The Bertz CT molecular complexity index is 782. The van der Waals surface area contributed by atoms with Gasteiger partial charge in [-0.15, -0.1) is 11.3 Å². The van der Waals surface area contributed by atoms with Crippen molar-refractivity contribution in [2.24, 2.45) is 0 Å². The molecular formula is C15H8N2O2S. The van der Waals surface area contributed by atoms with Crippen molar-refractivity contribution in [2.45, 2.75) is 0 Å². The number of thiophene rings is 1. The van der Waals surface area contributed by atoms with E-state index in [0.717, 1.165) is 0 Å². The van der Waals surface area contributed by atoms with Crippen LogP contribution in [-0.4, -0.2) is 11.7 Å². The monoisotopic (exact) mass is 280 g/mol. The molecule has 0 saturated carbocycles. The van der Waals surface area contributed by atoms with Crippen LogP contribution in [0.3, 0.4) is 0 Å². The van der Waals surface area contributed by atoms with Gasteiger partial charge in [0.2, 0.25) is 5.78 Å². The van der Waals surface area contributed by atoms with E-state index in [-0.39, 0.29) is 11.1 Å². The van der Waals surface area contributed by atoms with Crippen molar-refractivity contribution in [3.63, 3.8) is 0 Å². The van der Waals surface area contributed by atoms with Crippen molar-refractivity contribution >= 4 is 34.3 Å². The summed E-state index contributed by atoms with van der Waals surface area (Å²) >= 11 is 1.25. The zero-order chi connectivity index (χ0) is 14.1. The van der Waals surface area contributed by atoms with Crippen molar-refractivity contribution < 1.29 is 9.59 Å². The second kappa shape index (κ2) is 4.76. The molecule has 1 aliphatic heterocycles. The fraction of sp³-hybridized carbons (Fsp3) is 0. The van der Waals surface area contributed by atoms with Crippen molar-refractivity contribution in [3.8, 4) is 6.07 Å². The van der Waals surface area contributed by atoms with Crippen molar-refractivity contribution in [1.29, 1.82) is 5.26 Å². The van der Waals surface area contributed by atoms with Crippen LogP contribution in [-0.2, 0) is 4.79 Å². The van der Waals surface area contributed by atoms with Crippen molar-refractivity contribution in [1.82, 2.24) is 0 Å². The van der Waals surface area contributed by atoms with Gasteiger partial charge in [-0.3, -0.25) is 9.59 Å². The van der Waals surface area contributed by atoms with Crippen LogP contribution in [0, 0.1) is 11.3 Å². The molecule has 20 heavy (non-hydrogen) atoms. The maximum Gasteiger partial charge on any atom is 0.257 e. The summed E-state index contributed by atoms with van der Waals surface area (Å²) in [5.41, 5.74) is 1.26. The fourth-order valence-electron chi connectivity index (χ4n) is 2.12. The smallest absolute Gasteiger partial charge is 0.257 e. The summed E-state index contributed by atoms with van der Waals surface area (Å²) in [7, 11) is 0. The molecule has 96 valence electrons. The highest BCUT2D eigenvalue weighted by Crippen LogP contribution is 2.34. The lowest BCUT2D eigenvalue weighted by Crippen LogP contribution is -2.10. The van der Waals surface area contributed by atoms with Crippen LogP contribution in [0.4, 0.5) is 5.69 Å². The number of nitriles is 1. The first-order valence-electron chi connectivity index (χ1n) is 5.85. The third kappa shape index (κ3) is 1.83. The molecule has 0 fully saturated rings. The molecule has 1 amide bonds. The Hall–Kier alpha value is -2.71. The quantitative estimate of drug-likeness (QED) is 0.522. The molecular weight excluding hydrogens is 272 g/mol. The lowest BCUT2D eigenvalue weighted by molar-refractivity contribution is -0.110. The van der Waals surface area contributed by atoms with Gasteiger partial charge in [0.15, 0.2) is 0 Å². The molecule has 1 aromatic carbocycles. The van der Waals surface area contributed by atoms with Gasteiger partial charge in [-0.1, -0.05) is 24.3 Å². The summed E-state index contributed by atoms with van der Waals surface area (Å²) in [6.07, 6.45) is 0. The number of carbonyl (C=O) groups excluding carboxylic acids is 2. The maximum absolute atomic E-state index is 12.3. The van der Waals surface area contributed by atoms with Crippen LogP contribution >= 0.6 is 11.3 Å². The predicted molar refractivity (Wildman–Crippen MR) is 76.3 cm³/mol. The molecule has 0 radical (unpaired) electrons. The van der Waals surface area contributed by atoms with Gasteiger partial charge in [0, 0.05) is 11.3 Å². The number of amides is 1. The molecule has 0 aliphatic carbocycles. The highest BCUT2D eigenvalue weighted by atomic mass is 32.1. The third-order valence-electron chi connectivity index (χ3n) is 3.01. The van der Waals surface area contributed by atoms with Crippen molar-refractivity contribution in [2.75, 3.05) is 5.32 Å². The Labute approximate surface area is 119 Å². The number of hydrogen-bond acceptors (Lipinski definition) is 4. The van der Waals surface area contributed by atoms with Gasteiger partial charge in [0.05, 0.1) is 10.5 Å². The number of rotatable bonds is 2. The molecule has 0 bridgehead atoms. The number of fused-ring (bicyclic) bond motifs is 1. The molecule has 2 heterocycles. The Morgan fingerprint density at radius 2 is 2.00 bits per heavy atom. The lowest BCUT2D eigenvalue weighted by atomic mass is 9.98. The second-order valence-electron chi connectivity index (χ2n) is 4.17. The maximum atomic E-state index is 12.3. The standard InChI is InChI=1S/C15H8N2O2S/c16-8-10(14(18)12-6-3-7-20-12)13-9-4-1-2-5-11(9)17-15(13)19/h1-7H,(H,17,19)/b13-10+. The molecule has 1 N–H and O–H groups in total. The Balaban J connectivity index is 2.20. The van der Waals surface area contributed by atoms with E-state index in [2.05, 4.69) is 5.32 Å². The molecule has 3 rings (SSSR count). The highest BCUT2D eigenvalue weighted by Gasteiger charge is 2.30. The Morgan fingerprint density at radius 1 is 1.20 bits per heavy atom. The number of carbonyl (C=O) groups is 2. The number of allylic oxidation sites excluding steroid dienone is 1. The normalized spacial score (nSPS) is 15.2. The fourth-order valence-corrected chi connectivity index (χ4v) is 2.79. The second-order valence-corrected chi connectivity index (χ2v) is 5.12. The Kier molecular flexibility index (Phi) is 2.93. The number of anilines is 1. The van der Waals surface area contributed by atoms with Crippen molar-refractivity contribution in [3.05, 3.63) is 57.8 Å². The lowest BCUT2D eigenvalue weighted by Gasteiger charge is -2.01. The van der Waals surface area contributed by atoms with Crippen LogP contribution in [0.2, 0.25) is 0 Å². The zero-order valence-electron chi connectivity index (χ0n) is 10.2. The SMILES string of the molecule is N#C/C(C(=O)c1cccs1)=C1\C(=O)Nc2ccccc21. The molecule has 0 unspecified atom stereocenters. The van der Waals surface area contributed by atoms with Crippen LogP contribution < -0.4 is 5.32 Å². The van der Waals surface area contributed by atoms with E-state index in [4.69, 9.17) is 0 Å². The number of para-hydroxylation sites is 1. The highest BCUT2D eigenvalue weighted by molar-refractivity contribution is 7.12. The minimum absolute atomic E-state index is 0.116. The van der Waals surface area contributed by atoms with Gasteiger partial charge in [-0.2, -0.15) is 5.26 Å². The van der Waals surface area contributed by atoms with Gasteiger partial charge in [-0.05, 0) is 17.5 Å². The molecule has 4 nitrogen and oxygen atoms in total. The number of benzene rings is 1. The van der Waals surface area contributed by atoms with Crippen LogP contribution in [0.15, 0.2) is 47.4 Å². The first-order valence-corrected chi connectivity index (χ1v) is 6.73. The first-order chi connectivity index (χ1) is 9.72. The summed E-state index contributed by atoms with van der Waals surface area (Å²) in [5.74, 6) is -0.822. The number of nitrogens with zero attached hydrogens (tertiary/aromatic N) is 1. The number of Topliss-reactive ketones (excluding diaryl/α,β-unsaturated/α-hetero) is 1. The summed E-state index contributed by atoms with van der Waals surface area (Å²) in [5, 5.41) is 13.7. The minimum Gasteiger partial charge on any atom is -0.321 e. The van der Waals surface area contributed by atoms with E-state index in [1.807, 2.05) is 6.07 Å². The summed E-state index contributed by atoms with van der Waals surface area (Å²) < 4.78 is 0. The molecule has 2 aromatic rings. The van der Waals surface area contributed by atoms with E-state index >= 15 is 0 Å². The van der Waals surface area contributed by atoms with E-state index in [1.165, 1.54) is 11.3 Å². The molecule has 0 saturated heterocycles. The number of hydrogen-bond donors (Lipinski definition) is 1. The minimum atomic E-state index is -0.413. The number of nitrogens with one attached hydrogen (secondary N) is 1. The predicted octanol–water partition coefficient (Wildman–Crippen LogP) is 2.86. The average molecular weight is 280 g/mol. The molecule has 0 atom stereocenters. The Morgan fingerprint density at radius 3 is 2.70 bits per heavy atom. The molecule has 1 aliphatic rings. The largest absolute Gasteiger partial charge is 0.321 e. The third-order valence-corrected chi connectivity index (χ3v) is 3.87. The summed E-state index contributed by atoms with van der Waals surface area (Å²) in [6, 6.07) is 12.3. The van der Waals surface area contributed by atoms with E-state index in [1.54, 1.807) is 41.8 Å². The summed E-state index contributed by atoms with van der Waals surface area (Å²) in [4.78, 5) is 24.8. The van der Waals surface area contributed by atoms with E-state index < -0.39 is 11.7 Å². The van der Waals surface area contributed by atoms with Gasteiger partial charge >= 0.3 is 0 Å². The molecule has 1 aromatic heterocycles. The van der Waals surface area contributed by atoms with E-state index in [9.17, 15) is 14.9 Å². The number of ketones is 1. The topological polar surface area (TPSA) is 70.0 Å². The van der Waals surface area contributed by atoms with Crippen LogP contribution in [0.1, 0.15) is 15.2 Å². The molecule has 5 heteroatoms. The first kappa shape index (κ1) is 12.3. The van der Waals surface area contributed by atoms with Gasteiger partial charge in [-0.25, -0.2) is 0 Å². The summed E-state index contributed by atoms with van der Waals surface area (Å²) in [6.45, 7) is 0. The van der Waals surface area contributed by atoms with Gasteiger partial charge in [0.25, 0.3) is 5.91 Å². The van der Waals surface area contributed by atoms with E-state index in [0.29, 0.717) is 16.1 Å². The van der Waals surface area contributed by atoms with Crippen LogP contribution in [0.5, 0.6) is 0 Å². The van der Waals surface area contributed by atoms with Gasteiger partial charge in [0.1, 0.15) is 11.6 Å². The molecule has 0 spiro atoms. The zero-order valence-corrected chi connectivity index (χ0v) is 11.0.